The van der Waals surface area contributed by atoms with Crippen LogP contribution in [0.15, 0.2) is 54.6 Å². The summed E-state index contributed by atoms with van der Waals surface area (Å²) < 4.78 is 12.7. The molecule has 0 aliphatic heterocycles. The molecule has 0 bridgehead atoms. The fourth-order valence-corrected chi connectivity index (χ4v) is 1.82. The van der Waals surface area contributed by atoms with Gasteiger partial charge < -0.3 is 0 Å². The summed E-state index contributed by atoms with van der Waals surface area (Å²) in [5, 5.41) is 0.00630. The van der Waals surface area contributed by atoms with Crippen LogP contribution in [0.5, 0.6) is 0 Å². The highest BCUT2D eigenvalue weighted by molar-refractivity contribution is 7.80. The fraction of sp³-hybridized carbons (Fsp3) is 0.0769. The van der Waals surface area contributed by atoms with E-state index < -0.39 is 0 Å². The van der Waals surface area contributed by atoms with Crippen LogP contribution in [0.1, 0.15) is 16.4 Å². The summed E-state index contributed by atoms with van der Waals surface area (Å²) in [5.41, 5.74) is 2.12. The Morgan fingerprint density at radius 3 is 1.93 bits per heavy atom. The van der Waals surface area contributed by atoms with Gasteiger partial charge in [-0.25, -0.2) is 4.39 Å². The summed E-state index contributed by atoms with van der Waals surface area (Å²) in [4.78, 5) is 0. The fourth-order valence-electron chi connectivity index (χ4n) is 1.47. The van der Waals surface area contributed by atoms with E-state index in [4.69, 9.17) is 0 Å². The van der Waals surface area contributed by atoms with Crippen molar-refractivity contribution < 1.29 is 4.39 Å². The second-order valence-electron chi connectivity index (χ2n) is 3.36. The Hall–Kier alpha value is -1.28. The predicted molar refractivity (Wildman–Crippen MR) is 63.7 cm³/mol. The van der Waals surface area contributed by atoms with E-state index in [0.29, 0.717) is 0 Å². The van der Waals surface area contributed by atoms with E-state index in [0.717, 1.165) is 11.1 Å². The standard InChI is InChI=1S/C13H11FS/c14-12-8-6-11(7-9-12)13(15)10-4-2-1-3-5-10/h1-9,13,15H. The molecule has 0 heterocycles. The average Bonchev–Trinajstić information content (AvgIpc) is 2.30. The van der Waals surface area contributed by atoms with Gasteiger partial charge in [-0.15, -0.1) is 0 Å². The van der Waals surface area contributed by atoms with Gasteiger partial charge in [0.2, 0.25) is 0 Å². The molecule has 0 fully saturated rings. The molecular weight excluding hydrogens is 207 g/mol. The molecule has 1 unspecified atom stereocenters. The van der Waals surface area contributed by atoms with Crippen molar-refractivity contribution >= 4 is 12.6 Å². The zero-order chi connectivity index (χ0) is 10.7. The molecule has 0 N–H and O–H groups in total. The highest BCUT2D eigenvalue weighted by atomic mass is 32.1. The molecule has 15 heavy (non-hydrogen) atoms. The predicted octanol–water partition coefficient (Wildman–Crippen LogP) is 3.84. The molecule has 0 radical (unpaired) electrons. The quantitative estimate of drug-likeness (QED) is 0.727. The molecular formula is C13H11FS. The van der Waals surface area contributed by atoms with Crippen LogP contribution in [-0.2, 0) is 0 Å². The van der Waals surface area contributed by atoms with Crippen molar-refractivity contribution in [3.63, 3.8) is 0 Å². The average molecular weight is 218 g/mol. The van der Waals surface area contributed by atoms with Crippen LogP contribution in [0.2, 0.25) is 0 Å². The maximum Gasteiger partial charge on any atom is 0.123 e. The number of thiol groups is 1. The topological polar surface area (TPSA) is 0 Å². The summed E-state index contributed by atoms with van der Waals surface area (Å²) in [6.45, 7) is 0. The van der Waals surface area contributed by atoms with Gasteiger partial charge in [0, 0.05) is 0 Å². The molecule has 2 rings (SSSR count). The van der Waals surface area contributed by atoms with Crippen LogP contribution in [0.4, 0.5) is 4.39 Å². The van der Waals surface area contributed by atoms with Crippen LogP contribution in [0, 0.1) is 5.82 Å². The summed E-state index contributed by atoms with van der Waals surface area (Å²) in [7, 11) is 0. The number of halogens is 1. The van der Waals surface area contributed by atoms with E-state index in [9.17, 15) is 4.39 Å². The molecule has 0 nitrogen and oxygen atoms in total. The van der Waals surface area contributed by atoms with E-state index >= 15 is 0 Å². The van der Waals surface area contributed by atoms with Gasteiger partial charge in [-0.3, -0.25) is 0 Å². The largest absolute Gasteiger partial charge is 0.207 e. The van der Waals surface area contributed by atoms with E-state index in [1.807, 2.05) is 30.3 Å². The summed E-state index contributed by atoms with van der Waals surface area (Å²) in [5.74, 6) is -0.215. The van der Waals surface area contributed by atoms with Crippen LogP contribution in [0.25, 0.3) is 0 Å². The van der Waals surface area contributed by atoms with Crippen molar-refractivity contribution in [1.82, 2.24) is 0 Å². The molecule has 76 valence electrons. The number of rotatable bonds is 2. The molecule has 0 aromatic heterocycles. The van der Waals surface area contributed by atoms with Gasteiger partial charge in [-0.2, -0.15) is 12.6 Å². The number of hydrogen-bond donors (Lipinski definition) is 1. The summed E-state index contributed by atoms with van der Waals surface area (Å²) >= 11 is 4.52. The second kappa shape index (κ2) is 4.49. The van der Waals surface area contributed by atoms with Crippen molar-refractivity contribution in [1.29, 1.82) is 0 Å². The van der Waals surface area contributed by atoms with Crippen molar-refractivity contribution in [2.75, 3.05) is 0 Å². The Balaban J connectivity index is 2.29. The summed E-state index contributed by atoms with van der Waals surface area (Å²) in [6, 6.07) is 16.4. The van der Waals surface area contributed by atoms with Crippen molar-refractivity contribution in [2.24, 2.45) is 0 Å². The van der Waals surface area contributed by atoms with Crippen LogP contribution in [-0.4, -0.2) is 0 Å². The Labute approximate surface area is 94.2 Å². The lowest BCUT2D eigenvalue weighted by atomic mass is 10.0. The molecule has 0 amide bonds. The third-order valence-corrected chi connectivity index (χ3v) is 2.90. The van der Waals surface area contributed by atoms with Crippen LogP contribution >= 0.6 is 12.6 Å². The molecule has 2 aromatic carbocycles. The minimum Gasteiger partial charge on any atom is -0.207 e. The molecule has 0 aliphatic carbocycles. The van der Waals surface area contributed by atoms with E-state index in [1.54, 1.807) is 12.1 Å². The van der Waals surface area contributed by atoms with Gasteiger partial charge in [0.15, 0.2) is 0 Å². The number of benzene rings is 2. The lowest BCUT2D eigenvalue weighted by molar-refractivity contribution is 0.627. The molecule has 0 aliphatic rings. The Bertz CT molecular complexity index is 422. The van der Waals surface area contributed by atoms with E-state index in [2.05, 4.69) is 12.6 Å². The molecule has 0 saturated carbocycles. The normalized spacial score (nSPS) is 12.4. The van der Waals surface area contributed by atoms with Gasteiger partial charge in [-0.1, -0.05) is 42.5 Å². The monoisotopic (exact) mass is 218 g/mol. The SMILES string of the molecule is Fc1ccc(C(S)c2ccccc2)cc1. The molecule has 2 heteroatoms. The van der Waals surface area contributed by atoms with Crippen molar-refractivity contribution in [3.8, 4) is 0 Å². The van der Waals surface area contributed by atoms with Gasteiger partial charge in [0.05, 0.1) is 5.25 Å². The minimum absolute atomic E-state index is 0.00630. The van der Waals surface area contributed by atoms with Gasteiger partial charge in [-0.05, 0) is 23.3 Å². The smallest absolute Gasteiger partial charge is 0.123 e. The summed E-state index contributed by atoms with van der Waals surface area (Å²) in [6.07, 6.45) is 0. The van der Waals surface area contributed by atoms with Gasteiger partial charge >= 0.3 is 0 Å². The van der Waals surface area contributed by atoms with E-state index in [-0.39, 0.29) is 11.1 Å². The first kappa shape index (κ1) is 10.2. The lowest BCUT2D eigenvalue weighted by Gasteiger charge is -2.11. The van der Waals surface area contributed by atoms with Crippen molar-refractivity contribution in [3.05, 3.63) is 71.5 Å². The lowest BCUT2D eigenvalue weighted by Crippen LogP contribution is -1.92. The first-order valence-corrected chi connectivity index (χ1v) is 5.27. The zero-order valence-electron chi connectivity index (χ0n) is 8.10. The highest BCUT2D eigenvalue weighted by Gasteiger charge is 2.07. The molecule has 2 aromatic rings. The first-order valence-electron chi connectivity index (χ1n) is 4.76. The maximum absolute atomic E-state index is 12.7. The zero-order valence-corrected chi connectivity index (χ0v) is 8.99. The molecule has 0 spiro atoms. The molecule has 0 saturated heterocycles. The number of hydrogen-bond acceptors (Lipinski definition) is 1. The second-order valence-corrected chi connectivity index (χ2v) is 3.88. The van der Waals surface area contributed by atoms with Crippen LogP contribution in [0.3, 0.4) is 0 Å². The Kier molecular flexibility index (Phi) is 3.07. The minimum atomic E-state index is -0.215. The molecule has 1 atom stereocenters. The Morgan fingerprint density at radius 2 is 1.33 bits per heavy atom. The maximum atomic E-state index is 12.7. The van der Waals surface area contributed by atoms with Crippen LogP contribution < -0.4 is 0 Å². The van der Waals surface area contributed by atoms with Crippen molar-refractivity contribution in [2.45, 2.75) is 5.25 Å². The van der Waals surface area contributed by atoms with Gasteiger partial charge in [0.1, 0.15) is 5.82 Å². The van der Waals surface area contributed by atoms with E-state index in [1.165, 1.54) is 12.1 Å². The highest BCUT2D eigenvalue weighted by Crippen LogP contribution is 2.27. The third-order valence-electron chi connectivity index (χ3n) is 2.30. The van der Waals surface area contributed by atoms with Gasteiger partial charge in [0.25, 0.3) is 0 Å². The Morgan fingerprint density at radius 1 is 0.800 bits per heavy atom. The third kappa shape index (κ3) is 2.39. The first-order chi connectivity index (χ1) is 7.27.